The average Bonchev–Trinajstić information content (AvgIpc) is 3.23. The number of amides is 1. The van der Waals surface area contributed by atoms with Gasteiger partial charge < -0.3 is 14.5 Å². The van der Waals surface area contributed by atoms with E-state index >= 15 is 0 Å². The Bertz CT molecular complexity index is 1030. The first-order valence-corrected chi connectivity index (χ1v) is 8.94. The maximum absolute atomic E-state index is 12.4. The molecule has 0 spiro atoms. The summed E-state index contributed by atoms with van der Waals surface area (Å²) in [4.78, 5) is 25.6. The van der Waals surface area contributed by atoms with E-state index in [9.17, 15) is 4.79 Å². The number of fused-ring (bicyclic) bond motifs is 2. The largest absolute Gasteiger partial charge is 0.444 e. The number of H-pyrrole nitrogens is 1. The zero-order valence-corrected chi connectivity index (χ0v) is 16.0. The van der Waals surface area contributed by atoms with Crippen LogP contribution in [0.5, 0.6) is 11.6 Å². The fourth-order valence-electron chi connectivity index (χ4n) is 2.96. The minimum absolute atomic E-state index is 0.324. The Morgan fingerprint density at radius 3 is 2.81 bits per heavy atom. The Kier molecular flexibility index (Phi) is 4.19. The van der Waals surface area contributed by atoms with Crippen LogP contribution < -0.4 is 4.74 Å². The molecule has 8 heteroatoms. The summed E-state index contributed by atoms with van der Waals surface area (Å²) in [5.41, 5.74) is 1.87. The smallest absolute Gasteiger partial charge is 0.410 e. The number of hydrogen-bond acceptors (Lipinski definition) is 5. The van der Waals surface area contributed by atoms with Crippen molar-refractivity contribution in [1.29, 1.82) is 0 Å². The second kappa shape index (κ2) is 6.42. The molecule has 1 aliphatic heterocycles. The molecular formula is C19H19ClN4O3. The Labute approximate surface area is 161 Å². The number of aromatic nitrogens is 3. The van der Waals surface area contributed by atoms with Crippen LogP contribution in [0.2, 0.25) is 5.02 Å². The van der Waals surface area contributed by atoms with Gasteiger partial charge in [0.05, 0.1) is 29.4 Å². The number of aromatic amines is 1. The molecule has 1 aromatic carbocycles. The van der Waals surface area contributed by atoms with E-state index in [1.807, 2.05) is 39.1 Å². The van der Waals surface area contributed by atoms with Crippen LogP contribution in [-0.4, -0.2) is 31.5 Å². The van der Waals surface area contributed by atoms with E-state index in [0.29, 0.717) is 29.7 Å². The summed E-state index contributed by atoms with van der Waals surface area (Å²) in [6.07, 6.45) is 2.86. The van der Waals surface area contributed by atoms with Gasteiger partial charge in [0.2, 0.25) is 5.88 Å². The molecule has 0 fully saturated rings. The van der Waals surface area contributed by atoms with E-state index < -0.39 is 11.7 Å². The van der Waals surface area contributed by atoms with Crippen LogP contribution in [0.3, 0.4) is 0 Å². The molecule has 2 aromatic heterocycles. The van der Waals surface area contributed by atoms with Crippen molar-refractivity contribution in [2.24, 2.45) is 0 Å². The van der Waals surface area contributed by atoms with Crippen LogP contribution in [-0.2, 0) is 17.8 Å². The molecule has 1 amide bonds. The van der Waals surface area contributed by atoms with E-state index in [0.717, 1.165) is 22.2 Å². The van der Waals surface area contributed by atoms with Crippen molar-refractivity contribution in [3.63, 3.8) is 0 Å². The second-order valence-electron chi connectivity index (χ2n) is 7.36. The summed E-state index contributed by atoms with van der Waals surface area (Å²) in [6.45, 7) is 6.18. The highest BCUT2D eigenvalue weighted by Gasteiger charge is 2.31. The Morgan fingerprint density at radius 1 is 1.22 bits per heavy atom. The highest BCUT2D eigenvalue weighted by molar-refractivity contribution is 6.36. The van der Waals surface area contributed by atoms with E-state index in [2.05, 4.69) is 15.0 Å². The summed E-state index contributed by atoms with van der Waals surface area (Å²) < 4.78 is 11.4. The van der Waals surface area contributed by atoms with Crippen molar-refractivity contribution in [1.82, 2.24) is 19.9 Å². The van der Waals surface area contributed by atoms with Gasteiger partial charge in [0, 0.05) is 17.1 Å². The highest BCUT2D eigenvalue weighted by atomic mass is 35.5. The Morgan fingerprint density at radius 2 is 2.04 bits per heavy atom. The molecule has 1 aliphatic rings. The number of nitrogens with zero attached hydrogens (tertiary/aromatic N) is 3. The van der Waals surface area contributed by atoms with Gasteiger partial charge in [0.1, 0.15) is 17.7 Å². The van der Waals surface area contributed by atoms with Gasteiger partial charge in [-0.2, -0.15) is 0 Å². The molecule has 0 atom stereocenters. The fraction of sp³-hybridized carbons (Fsp3) is 0.316. The highest BCUT2D eigenvalue weighted by Crippen LogP contribution is 2.37. The molecule has 4 rings (SSSR count). The Hall–Kier alpha value is -2.80. The zero-order chi connectivity index (χ0) is 19.2. The van der Waals surface area contributed by atoms with Gasteiger partial charge in [0.15, 0.2) is 0 Å². The number of ether oxygens (including phenoxy) is 2. The van der Waals surface area contributed by atoms with Gasteiger partial charge in [-0.25, -0.2) is 14.8 Å². The topological polar surface area (TPSA) is 80.3 Å². The summed E-state index contributed by atoms with van der Waals surface area (Å²) in [7, 11) is 0. The van der Waals surface area contributed by atoms with Gasteiger partial charge in [-0.05, 0) is 39.0 Å². The van der Waals surface area contributed by atoms with Gasteiger partial charge in [-0.1, -0.05) is 11.6 Å². The molecule has 0 aliphatic carbocycles. The molecule has 0 saturated carbocycles. The second-order valence-corrected chi connectivity index (χ2v) is 7.74. The lowest BCUT2D eigenvalue weighted by Crippen LogP contribution is -2.33. The van der Waals surface area contributed by atoms with Crippen LogP contribution in [0.4, 0.5) is 4.79 Å². The average molecular weight is 387 g/mol. The first-order valence-electron chi connectivity index (χ1n) is 8.56. The molecular weight excluding hydrogens is 368 g/mol. The third-order valence-corrected chi connectivity index (χ3v) is 4.57. The monoisotopic (exact) mass is 386 g/mol. The normalized spacial score (nSPS) is 13.7. The number of halogens is 1. The Balaban J connectivity index is 1.59. The quantitative estimate of drug-likeness (QED) is 0.693. The number of rotatable bonds is 2. The molecule has 0 unspecified atom stereocenters. The molecule has 0 bridgehead atoms. The summed E-state index contributed by atoms with van der Waals surface area (Å²) >= 11 is 6.46. The van der Waals surface area contributed by atoms with Crippen LogP contribution >= 0.6 is 11.6 Å². The minimum atomic E-state index is -0.559. The number of carbonyl (C=O) groups is 1. The van der Waals surface area contributed by atoms with Gasteiger partial charge >= 0.3 is 6.09 Å². The van der Waals surface area contributed by atoms with Crippen LogP contribution in [0.15, 0.2) is 30.7 Å². The lowest BCUT2D eigenvalue weighted by atomic mass is 10.2. The van der Waals surface area contributed by atoms with E-state index in [1.54, 1.807) is 11.0 Å². The van der Waals surface area contributed by atoms with Crippen LogP contribution in [0, 0.1) is 0 Å². The van der Waals surface area contributed by atoms with Crippen LogP contribution in [0.1, 0.15) is 32.0 Å². The SMILES string of the molecule is CC(C)(C)OC(=O)N1Cc2ncnc(Oc3ccc4[nH]ccc4c3Cl)c2C1. The summed E-state index contributed by atoms with van der Waals surface area (Å²) in [5.74, 6) is 0.892. The molecule has 3 aromatic rings. The number of hydrogen-bond donors (Lipinski definition) is 1. The van der Waals surface area contributed by atoms with Crippen molar-refractivity contribution in [3.05, 3.63) is 47.0 Å². The van der Waals surface area contributed by atoms with Gasteiger partial charge in [-0.3, -0.25) is 4.90 Å². The predicted octanol–water partition coefficient (Wildman–Crippen LogP) is 4.65. The fourth-order valence-corrected chi connectivity index (χ4v) is 3.22. The number of benzene rings is 1. The van der Waals surface area contributed by atoms with Crippen LogP contribution in [0.25, 0.3) is 10.9 Å². The van der Waals surface area contributed by atoms with E-state index in [1.165, 1.54) is 6.33 Å². The molecule has 7 nitrogen and oxygen atoms in total. The third kappa shape index (κ3) is 3.42. The van der Waals surface area contributed by atoms with E-state index in [4.69, 9.17) is 21.1 Å². The third-order valence-electron chi connectivity index (χ3n) is 4.18. The van der Waals surface area contributed by atoms with Crippen molar-refractivity contribution in [3.8, 4) is 11.6 Å². The molecule has 1 N–H and O–H groups in total. The van der Waals surface area contributed by atoms with Gasteiger partial charge in [0.25, 0.3) is 0 Å². The maximum Gasteiger partial charge on any atom is 0.410 e. The maximum atomic E-state index is 12.4. The first kappa shape index (κ1) is 17.6. The minimum Gasteiger partial charge on any atom is -0.444 e. The van der Waals surface area contributed by atoms with Crippen molar-refractivity contribution >= 4 is 28.6 Å². The number of nitrogens with one attached hydrogen (secondary N) is 1. The molecule has 140 valence electrons. The molecule has 0 radical (unpaired) electrons. The molecule has 3 heterocycles. The first-order chi connectivity index (χ1) is 12.8. The lowest BCUT2D eigenvalue weighted by Gasteiger charge is -2.23. The predicted molar refractivity (Wildman–Crippen MR) is 101 cm³/mol. The van der Waals surface area contributed by atoms with Crippen molar-refractivity contribution < 1.29 is 14.3 Å². The lowest BCUT2D eigenvalue weighted by molar-refractivity contribution is 0.0240. The van der Waals surface area contributed by atoms with Crippen molar-refractivity contribution in [2.45, 2.75) is 39.5 Å². The molecule has 27 heavy (non-hydrogen) atoms. The van der Waals surface area contributed by atoms with Gasteiger partial charge in [-0.15, -0.1) is 0 Å². The summed E-state index contributed by atoms with van der Waals surface area (Å²) in [6, 6.07) is 5.57. The van der Waals surface area contributed by atoms with E-state index in [-0.39, 0.29) is 0 Å². The number of carbonyl (C=O) groups excluding carboxylic acids is 1. The summed E-state index contributed by atoms with van der Waals surface area (Å²) in [5, 5.41) is 1.37. The van der Waals surface area contributed by atoms with Crippen molar-refractivity contribution in [2.75, 3.05) is 0 Å². The molecule has 0 saturated heterocycles. The standard InChI is InChI=1S/C19H19ClN4O3/c1-19(2,3)27-18(25)24-8-12-14(9-24)22-10-23-17(12)26-15-5-4-13-11(16(15)20)6-7-21-13/h4-7,10,21H,8-9H2,1-3H3. The zero-order valence-electron chi connectivity index (χ0n) is 15.2.